The molecule has 2 aliphatic heterocycles. The lowest BCUT2D eigenvalue weighted by molar-refractivity contribution is -0.376. The smallest absolute Gasteiger partial charge is 0.209 e. The van der Waals surface area contributed by atoms with Crippen LogP contribution in [0.4, 0.5) is 0 Å². The molecular weight excluding hydrogens is 220 g/mol. The maximum Gasteiger partial charge on any atom is 0.209 e. The second-order valence-electron chi connectivity index (χ2n) is 4.78. The molecule has 0 N–H and O–H groups in total. The van der Waals surface area contributed by atoms with Gasteiger partial charge in [-0.2, -0.15) is 0 Å². The maximum absolute atomic E-state index is 5.47. The zero-order valence-electron chi connectivity index (χ0n) is 11.0. The van der Waals surface area contributed by atoms with Gasteiger partial charge in [0.1, 0.15) is 12.1 Å². The normalized spacial score (nSPS) is 37.3. The number of rotatable bonds is 2. The molecule has 5 heteroatoms. The van der Waals surface area contributed by atoms with E-state index >= 15 is 0 Å². The predicted octanol–water partition coefficient (Wildman–Crippen LogP) is 1.62. The lowest BCUT2D eigenvalue weighted by Crippen LogP contribution is -2.51. The first-order chi connectivity index (χ1) is 8.02. The van der Waals surface area contributed by atoms with Gasteiger partial charge in [-0.15, -0.1) is 0 Å². The van der Waals surface area contributed by atoms with Gasteiger partial charge in [0.2, 0.25) is 5.90 Å². The fourth-order valence-corrected chi connectivity index (χ4v) is 2.06. The summed E-state index contributed by atoms with van der Waals surface area (Å²) in [5.74, 6) is 1.04. The Bertz CT molecular complexity index is 346. The zero-order chi connectivity index (χ0) is 12.6. The van der Waals surface area contributed by atoms with Crippen molar-refractivity contribution in [2.24, 2.45) is 15.9 Å². The summed E-state index contributed by atoms with van der Waals surface area (Å²) in [7, 11) is 1.63. The van der Waals surface area contributed by atoms with Gasteiger partial charge in [0.15, 0.2) is 12.6 Å². The summed E-state index contributed by atoms with van der Waals surface area (Å²) in [6.07, 6.45) is -0.455. The molecule has 0 aromatic carbocycles. The van der Waals surface area contributed by atoms with E-state index in [0.29, 0.717) is 11.8 Å². The summed E-state index contributed by atoms with van der Waals surface area (Å²) >= 11 is 0. The average molecular weight is 240 g/mol. The largest absolute Gasteiger partial charge is 0.483 e. The number of aliphatic imine (C=N–C) groups is 2. The highest BCUT2D eigenvalue weighted by Gasteiger charge is 2.39. The molecule has 0 radical (unpaired) electrons. The summed E-state index contributed by atoms with van der Waals surface area (Å²) in [5, 5.41) is 0. The van der Waals surface area contributed by atoms with Crippen molar-refractivity contribution < 1.29 is 14.2 Å². The van der Waals surface area contributed by atoms with Gasteiger partial charge in [-0.05, 0) is 19.8 Å². The van der Waals surface area contributed by atoms with Gasteiger partial charge in [0, 0.05) is 5.71 Å². The Kier molecular flexibility index (Phi) is 3.49. The topological polar surface area (TPSA) is 52.4 Å². The SMILES string of the molecule is COC1=NC(C2OC(C)O2)C(C)=NC1C(C)C. The van der Waals surface area contributed by atoms with Crippen LogP contribution in [-0.2, 0) is 14.2 Å². The van der Waals surface area contributed by atoms with Crippen molar-refractivity contribution in [3.8, 4) is 0 Å². The molecule has 1 fully saturated rings. The van der Waals surface area contributed by atoms with Crippen LogP contribution in [0, 0.1) is 5.92 Å². The maximum atomic E-state index is 5.47. The molecule has 2 atom stereocenters. The molecule has 0 aliphatic carbocycles. The first-order valence-electron chi connectivity index (χ1n) is 5.99. The molecule has 2 unspecified atom stereocenters. The lowest BCUT2D eigenvalue weighted by Gasteiger charge is -2.39. The Morgan fingerprint density at radius 3 is 2.35 bits per heavy atom. The van der Waals surface area contributed by atoms with Gasteiger partial charge in [-0.3, -0.25) is 4.99 Å². The first kappa shape index (κ1) is 12.5. The highest BCUT2D eigenvalue weighted by molar-refractivity contribution is 5.97. The monoisotopic (exact) mass is 240 g/mol. The van der Waals surface area contributed by atoms with Crippen molar-refractivity contribution in [3.05, 3.63) is 0 Å². The quantitative estimate of drug-likeness (QED) is 0.737. The van der Waals surface area contributed by atoms with Crippen LogP contribution in [-0.4, -0.2) is 43.4 Å². The molecule has 2 rings (SSSR count). The van der Waals surface area contributed by atoms with Crippen LogP contribution < -0.4 is 0 Å². The fourth-order valence-electron chi connectivity index (χ4n) is 2.06. The minimum absolute atomic E-state index is 0.00810. The summed E-state index contributed by atoms with van der Waals surface area (Å²) in [6, 6.07) is -0.162. The van der Waals surface area contributed by atoms with Crippen molar-refractivity contribution in [2.45, 2.75) is 52.4 Å². The highest BCUT2D eigenvalue weighted by atomic mass is 16.9. The Balaban J connectivity index is 2.15. The molecule has 0 aromatic heterocycles. The van der Waals surface area contributed by atoms with Crippen molar-refractivity contribution in [2.75, 3.05) is 7.11 Å². The van der Waals surface area contributed by atoms with E-state index in [-0.39, 0.29) is 24.7 Å². The first-order valence-corrected chi connectivity index (χ1v) is 5.99. The van der Waals surface area contributed by atoms with Crippen molar-refractivity contribution >= 4 is 11.6 Å². The summed E-state index contributed by atoms with van der Waals surface area (Å²) in [6.45, 7) is 8.04. The van der Waals surface area contributed by atoms with Gasteiger partial charge in [0.05, 0.1) is 7.11 Å². The number of ether oxygens (including phenoxy) is 3. The van der Waals surface area contributed by atoms with Crippen LogP contribution >= 0.6 is 0 Å². The molecule has 0 saturated carbocycles. The van der Waals surface area contributed by atoms with E-state index in [4.69, 9.17) is 14.2 Å². The van der Waals surface area contributed by atoms with Gasteiger partial charge < -0.3 is 14.2 Å². The molecule has 1 saturated heterocycles. The minimum atomic E-state index is -0.313. The van der Waals surface area contributed by atoms with Crippen LogP contribution in [0.5, 0.6) is 0 Å². The van der Waals surface area contributed by atoms with Crippen LogP contribution in [0.1, 0.15) is 27.7 Å². The number of hydrogen-bond acceptors (Lipinski definition) is 5. The summed E-state index contributed by atoms with van der Waals surface area (Å²) < 4.78 is 16.3. The third-order valence-corrected chi connectivity index (χ3v) is 3.04. The lowest BCUT2D eigenvalue weighted by atomic mass is 10.0. The Morgan fingerprint density at radius 2 is 1.88 bits per heavy atom. The second-order valence-corrected chi connectivity index (χ2v) is 4.78. The molecule has 17 heavy (non-hydrogen) atoms. The van der Waals surface area contributed by atoms with E-state index in [1.165, 1.54) is 0 Å². The van der Waals surface area contributed by atoms with Crippen molar-refractivity contribution in [3.63, 3.8) is 0 Å². The number of hydrogen-bond donors (Lipinski definition) is 0. The minimum Gasteiger partial charge on any atom is -0.483 e. The molecule has 96 valence electrons. The molecule has 5 nitrogen and oxygen atoms in total. The summed E-state index contributed by atoms with van der Waals surface area (Å²) in [5.41, 5.74) is 0.946. The van der Waals surface area contributed by atoms with E-state index in [1.54, 1.807) is 7.11 Å². The van der Waals surface area contributed by atoms with Crippen molar-refractivity contribution in [1.29, 1.82) is 0 Å². The standard InChI is InChI=1S/C12H20N2O3/c1-6(2)9-11(15-5)14-10(7(3)13-9)12-16-8(4)17-12/h6,8-10,12H,1-5H3. The molecule has 0 amide bonds. The van der Waals surface area contributed by atoms with Gasteiger partial charge in [0.25, 0.3) is 0 Å². The van der Waals surface area contributed by atoms with Crippen molar-refractivity contribution in [1.82, 2.24) is 0 Å². The number of nitrogens with zero attached hydrogens (tertiary/aromatic N) is 2. The molecule has 2 heterocycles. The molecule has 0 spiro atoms. The van der Waals surface area contributed by atoms with Crippen LogP contribution in [0.2, 0.25) is 0 Å². The van der Waals surface area contributed by atoms with E-state index in [1.807, 2.05) is 13.8 Å². The van der Waals surface area contributed by atoms with Crippen LogP contribution in [0.25, 0.3) is 0 Å². The highest BCUT2D eigenvalue weighted by Crippen LogP contribution is 2.26. The average Bonchev–Trinajstić information content (AvgIpc) is 2.25. The third-order valence-electron chi connectivity index (χ3n) is 3.04. The Labute approximate surface area is 102 Å². The van der Waals surface area contributed by atoms with E-state index < -0.39 is 0 Å². The van der Waals surface area contributed by atoms with Gasteiger partial charge >= 0.3 is 0 Å². The number of methoxy groups -OCH3 is 1. The van der Waals surface area contributed by atoms with E-state index in [9.17, 15) is 0 Å². The second kappa shape index (κ2) is 4.74. The molecule has 0 bridgehead atoms. The fraction of sp³-hybridized carbons (Fsp3) is 0.833. The molecule has 2 aliphatic rings. The van der Waals surface area contributed by atoms with Crippen LogP contribution in [0.15, 0.2) is 9.98 Å². The van der Waals surface area contributed by atoms with E-state index in [0.717, 1.165) is 5.71 Å². The zero-order valence-corrected chi connectivity index (χ0v) is 11.0. The predicted molar refractivity (Wildman–Crippen MR) is 65.4 cm³/mol. The molecule has 0 aromatic rings. The summed E-state index contributed by atoms with van der Waals surface area (Å²) in [4.78, 5) is 9.20. The van der Waals surface area contributed by atoms with Gasteiger partial charge in [-0.1, -0.05) is 13.8 Å². The van der Waals surface area contributed by atoms with Gasteiger partial charge in [-0.25, -0.2) is 4.99 Å². The van der Waals surface area contributed by atoms with Crippen LogP contribution in [0.3, 0.4) is 0 Å². The Hall–Kier alpha value is -0.940. The van der Waals surface area contributed by atoms with E-state index in [2.05, 4.69) is 23.8 Å². The Morgan fingerprint density at radius 1 is 1.24 bits per heavy atom. The third kappa shape index (κ3) is 2.35. The molecular formula is C12H20N2O3.